The van der Waals surface area contributed by atoms with Gasteiger partial charge in [0.15, 0.2) is 0 Å². The minimum Gasteiger partial charge on any atom is -0.495 e. The number of hydrogen-bond acceptors (Lipinski definition) is 5. The first-order valence-corrected chi connectivity index (χ1v) is 9.51. The van der Waals surface area contributed by atoms with Gasteiger partial charge in [-0.1, -0.05) is 23.2 Å². The number of hydrazone groups is 1. The number of methoxy groups -OCH3 is 1. The molecule has 1 aromatic heterocycles. The van der Waals surface area contributed by atoms with Crippen LogP contribution in [0.5, 0.6) is 5.75 Å². The lowest BCUT2D eigenvalue weighted by atomic mass is 10.2. The van der Waals surface area contributed by atoms with Gasteiger partial charge in [0.1, 0.15) is 17.3 Å². The topological polar surface area (TPSA) is 92.9 Å². The molecule has 0 atom stereocenters. The summed E-state index contributed by atoms with van der Waals surface area (Å²) in [5, 5.41) is 7.31. The summed E-state index contributed by atoms with van der Waals surface area (Å²) >= 11 is 11.9. The standard InChI is InChI=1S/C21H17Cl2N3O4/c1-29-19-8-4-14(10-17(19)23)18-9-7-16(30-18)11-25-26-20(27)12-24-21(28)13-2-5-15(22)6-3-13/h2-11H,12H2,1H3,(H,24,28)(H,26,27)/b25-11+. The van der Waals surface area contributed by atoms with Crippen molar-refractivity contribution in [3.63, 3.8) is 0 Å². The predicted octanol–water partition coefficient (Wildman–Crippen LogP) is 4.14. The minimum atomic E-state index is -0.484. The molecule has 2 amide bonds. The summed E-state index contributed by atoms with van der Waals surface area (Å²) in [7, 11) is 1.54. The van der Waals surface area contributed by atoms with Gasteiger partial charge in [0, 0.05) is 16.1 Å². The number of rotatable bonds is 7. The van der Waals surface area contributed by atoms with Crippen molar-refractivity contribution in [2.24, 2.45) is 5.10 Å². The van der Waals surface area contributed by atoms with Gasteiger partial charge in [0.2, 0.25) is 0 Å². The van der Waals surface area contributed by atoms with E-state index in [1.807, 2.05) is 6.07 Å². The molecule has 0 bridgehead atoms. The molecule has 9 heteroatoms. The highest BCUT2D eigenvalue weighted by Crippen LogP contribution is 2.30. The lowest BCUT2D eigenvalue weighted by Gasteiger charge is -2.04. The molecule has 30 heavy (non-hydrogen) atoms. The third-order valence-electron chi connectivity index (χ3n) is 3.96. The molecule has 0 spiro atoms. The number of carbonyl (C=O) groups excluding carboxylic acids is 2. The molecule has 154 valence electrons. The molecule has 0 aliphatic carbocycles. The number of amides is 2. The Labute approximate surface area is 182 Å². The summed E-state index contributed by atoms with van der Waals surface area (Å²) in [6.45, 7) is -0.230. The number of furan rings is 1. The Morgan fingerprint density at radius 3 is 2.57 bits per heavy atom. The number of carbonyl (C=O) groups is 2. The van der Waals surface area contributed by atoms with Crippen LogP contribution in [-0.4, -0.2) is 31.7 Å². The molecule has 1 heterocycles. The second kappa shape index (κ2) is 9.96. The molecule has 2 N–H and O–H groups in total. The summed E-state index contributed by atoms with van der Waals surface area (Å²) in [5.41, 5.74) is 3.49. The number of ether oxygens (including phenoxy) is 1. The Morgan fingerprint density at radius 2 is 1.87 bits per heavy atom. The third kappa shape index (κ3) is 5.62. The summed E-state index contributed by atoms with van der Waals surface area (Å²) < 4.78 is 10.8. The van der Waals surface area contributed by atoms with Gasteiger partial charge in [0.25, 0.3) is 11.8 Å². The normalized spacial score (nSPS) is 10.8. The highest BCUT2D eigenvalue weighted by Gasteiger charge is 2.09. The molecule has 3 aromatic rings. The van der Waals surface area contributed by atoms with Crippen LogP contribution in [0.3, 0.4) is 0 Å². The summed E-state index contributed by atoms with van der Waals surface area (Å²) in [4.78, 5) is 23.8. The Bertz CT molecular complexity index is 1080. The van der Waals surface area contributed by atoms with Crippen LogP contribution in [0.4, 0.5) is 0 Å². The predicted molar refractivity (Wildman–Crippen MR) is 115 cm³/mol. The van der Waals surface area contributed by atoms with Crippen LogP contribution >= 0.6 is 23.2 Å². The molecule has 0 fully saturated rings. The summed E-state index contributed by atoms with van der Waals surface area (Å²) in [6.07, 6.45) is 1.35. The van der Waals surface area contributed by atoms with Gasteiger partial charge in [-0.15, -0.1) is 0 Å². The first kappa shape index (κ1) is 21.4. The quantitative estimate of drug-likeness (QED) is 0.422. The van der Waals surface area contributed by atoms with Crippen molar-refractivity contribution >= 4 is 41.2 Å². The van der Waals surface area contributed by atoms with E-state index in [1.54, 1.807) is 55.6 Å². The van der Waals surface area contributed by atoms with E-state index in [0.29, 0.717) is 32.9 Å². The number of hydrogen-bond donors (Lipinski definition) is 2. The smallest absolute Gasteiger partial charge is 0.259 e. The van der Waals surface area contributed by atoms with Crippen molar-refractivity contribution < 1.29 is 18.7 Å². The van der Waals surface area contributed by atoms with E-state index in [4.69, 9.17) is 32.4 Å². The van der Waals surface area contributed by atoms with Crippen LogP contribution in [-0.2, 0) is 4.79 Å². The molecule has 0 aliphatic rings. The van der Waals surface area contributed by atoms with Gasteiger partial charge >= 0.3 is 0 Å². The molecule has 0 saturated heterocycles. The van der Waals surface area contributed by atoms with Crippen molar-refractivity contribution in [3.05, 3.63) is 76.0 Å². The fraction of sp³-hybridized carbons (Fsp3) is 0.0952. The number of nitrogens with zero attached hydrogens (tertiary/aromatic N) is 1. The monoisotopic (exact) mass is 445 g/mol. The zero-order valence-electron chi connectivity index (χ0n) is 15.8. The zero-order chi connectivity index (χ0) is 21.5. The van der Waals surface area contributed by atoms with E-state index >= 15 is 0 Å². The van der Waals surface area contributed by atoms with E-state index in [0.717, 1.165) is 5.56 Å². The van der Waals surface area contributed by atoms with Crippen LogP contribution in [0.2, 0.25) is 10.0 Å². The third-order valence-corrected chi connectivity index (χ3v) is 4.51. The first-order valence-electron chi connectivity index (χ1n) is 8.75. The number of halogens is 2. The van der Waals surface area contributed by atoms with Gasteiger partial charge in [0.05, 0.1) is 24.9 Å². The molecule has 3 rings (SSSR count). The van der Waals surface area contributed by atoms with E-state index in [1.165, 1.54) is 6.21 Å². The molecule has 0 saturated carbocycles. The van der Waals surface area contributed by atoms with Gasteiger partial charge in [-0.25, -0.2) is 5.43 Å². The van der Waals surface area contributed by atoms with Gasteiger partial charge in [-0.05, 0) is 54.6 Å². The Morgan fingerprint density at radius 1 is 1.10 bits per heavy atom. The fourth-order valence-corrected chi connectivity index (χ4v) is 2.85. The largest absolute Gasteiger partial charge is 0.495 e. The molecular weight excluding hydrogens is 429 g/mol. The van der Waals surface area contributed by atoms with Crippen molar-refractivity contribution in [2.75, 3.05) is 13.7 Å². The van der Waals surface area contributed by atoms with Gasteiger partial charge in [-0.3, -0.25) is 9.59 Å². The highest BCUT2D eigenvalue weighted by molar-refractivity contribution is 6.32. The van der Waals surface area contributed by atoms with Crippen LogP contribution in [0.15, 0.2) is 64.1 Å². The molecular formula is C21H17Cl2N3O4. The van der Waals surface area contributed by atoms with Crippen LogP contribution in [0, 0.1) is 0 Å². The SMILES string of the molecule is COc1ccc(-c2ccc(/C=N/NC(=O)CNC(=O)c3ccc(Cl)cc3)o2)cc1Cl. The molecule has 0 unspecified atom stereocenters. The van der Waals surface area contributed by atoms with Crippen LogP contribution in [0.25, 0.3) is 11.3 Å². The Hall–Kier alpha value is -3.29. The molecule has 0 aliphatic heterocycles. The van der Waals surface area contributed by atoms with Crippen molar-refractivity contribution in [2.45, 2.75) is 0 Å². The lowest BCUT2D eigenvalue weighted by molar-refractivity contribution is -0.120. The maximum atomic E-state index is 12.0. The van der Waals surface area contributed by atoms with Crippen molar-refractivity contribution in [1.29, 1.82) is 0 Å². The average molecular weight is 446 g/mol. The van der Waals surface area contributed by atoms with E-state index in [2.05, 4.69) is 15.8 Å². The lowest BCUT2D eigenvalue weighted by Crippen LogP contribution is -2.34. The van der Waals surface area contributed by atoms with Gasteiger partial charge < -0.3 is 14.5 Å². The summed E-state index contributed by atoms with van der Waals surface area (Å²) in [6, 6.07) is 15.1. The van der Waals surface area contributed by atoms with E-state index in [9.17, 15) is 9.59 Å². The maximum Gasteiger partial charge on any atom is 0.259 e. The van der Waals surface area contributed by atoms with E-state index in [-0.39, 0.29) is 12.5 Å². The minimum absolute atomic E-state index is 0.230. The molecule has 2 aromatic carbocycles. The molecule has 0 radical (unpaired) electrons. The summed E-state index contributed by atoms with van der Waals surface area (Å²) in [5.74, 6) is 0.714. The number of benzene rings is 2. The first-order chi connectivity index (χ1) is 14.5. The van der Waals surface area contributed by atoms with Crippen molar-refractivity contribution in [1.82, 2.24) is 10.7 Å². The molecule has 7 nitrogen and oxygen atoms in total. The average Bonchev–Trinajstić information content (AvgIpc) is 3.21. The van der Waals surface area contributed by atoms with E-state index < -0.39 is 5.91 Å². The Balaban J connectivity index is 1.50. The second-order valence-electron chi connectivity index (χ2n) is 6.03. The Kier molecular flexibility index (Phi) is 7.11. The maximum absolute atomic E-state index is 12.0. The zero-order valence-corrected chi connectivity index (χ0v) is 17.3. The fourth-order valence-electron chi connectivity index (χ4n) is 2.47. The highest BCUT2D eigenvalue weighted by atomic mass is 35.5. The second-order valence-corrected chi connectivity index (χ2v) is 6.88. The number of nitrogens with one attached hydrogen (secondary N) is 2. The van der Waals surface area contributed by atoms with Crippen LogP contribution < -0.4 is 15.5 Å². The van der Waals surface area contributed by atoms with Gasteiger partial charge in [-0.2, -0.15) is 5.10 Å². The van der Waals surface area contributed by atoms with Crippen LogP contribution in [0.1, 0.15) is 16.1 Å². The van der Waals surface area contributed by atoms with Crippen molar-refractivity contribution in [3.8, 4) is 17.1 Å².